The molecule has 3 aromatic rings. The topological polar surface area (TPSA) is 62.8 Å². The van der Waals surface area contributed by atoms with E-state index in [1.807, 2.05) is 25.0 Å². The van der Waals surface area contributed by atoms with E-state index >= 15 is 0 Å². The van der Waals surface area contributed by atoms with Gasteiger partial charge in [-0.05, 0) is 36.6 Å². The van der Waals surface area contributed by atoms with E-state index in [-0.39, 0.29) is 0 Å². The largest absolute Gasteiger partial charge is 0.351 e. The second kappa shape index (κ2) is 6.82. The zero-order valence-electron chi connectivity index (χ0n) is 15.6. The van der Waals surface area contributed by atoms with Crippen LogP contribution in [0.1, 0.15) is 29.2 Å². The van der Waals surface area contributed by atoms with Crippen molar-refractivity contribution in [1.29, 1.82) is 0 Å². The van der Waals surface area contributed by atoms with E-state index in [1.54, 1.807) is 0 Å². The Morgan fingerprint density at radius 3 is 3.04 bits per heavy atom. The van der Waals surface area contributed by atoms with Crippen molar-refractivity contribution in [3.05, 3.63) is 53.7 Å². The molecule has 1 fully saturated rings. The standard InChI is InChI=1S/C19H25N7/c1-14-4-6-25-13-17(23-18(25)8-14)10-21-19(20-2)26-7-5-15(12-26)16-9-22-24(3)11-16/h4,6,8-9,11,13,15H,5,7,10,12H2,1-3H3,(H,20,21). The summed E-state index contributed by atoms with van der Waals surface area (Å²) in [5.74, 6) is 1.45. The van der Waals surface area contributed by atoms with Gasteiger partial charge in [0.05, 0.1) is 18.4 Å². The Morgan fingerprint density at radius 1 is 1.38 bits per heavy atom. The first kappa shape index (κ1) is 16.6. The highest BCUT2D eigenvalue weighted by molar-refractivity contribution is 5.80. The van der Waals surface area contributed by atoms with Crippen molar-refractivity contribution >= 4 is 11.6 Å². The summed E-state index contributed by atoms with van der Waals surface area (Å²) in [5.41, 5.74) is 4.52. The van der Waals surface area contributed by atoms with E-state index in [0.29, 0.717) is 12.5 Å². The third-order valence-electron chi connectivity index (χ3n) is 4.99. The number of likely N-dealkylation sites (tertiary alicyclic amines) is 1. The molecule has 3 aromatic heterocycles. The maximum Gasteiger partial charge on any atom is 0.193 e. The van der Waals surface area contributed by atoms with Crippen LogP contribution in [0.2, 0.25) is 0 Å². The zero-order valence-corrected chi connectivity index (χ0v) is 15.6. The second-order valence-electron chi connectivity index (χ2n) is 6.98. The predicted octanol–water partition coefficient (Wildman–Crippen LogP) is 1.94. The van der Waals surface area contributed by atoms with Gasteiger partial charge in [-0.15, -0.1) is 0 Å². The summed E-state index contributed by atoms with van der Waals surface area (Å²) in [4.78, 5) is 11.5. The number of fused-ring (bicyclic) bond motifs is 1. The van der Waals surface area contributed by atoms with Gasteiger partial charge in [0.2, 0.25) is 0 Å². The van der Waals surface area contributed by atoms with Crippen molar-refractivity contribution in [1.82, 2.24) is 29.4 Å². The molecule has 1 aliphatic rings. The van der Waals surface area contributed by atoms with Gasteiger partial charge in [-0.1, -0.05) is 0 Å². The first-order chi connectivity index (χ1) is 12.6. The molecule has 0 aliphatic carbocycles. The SMILES string of the molecule is CN=C(NCc1cn2ccc(C)cc2n1)N1CCC(c2cnn(C)c2)C1. The fourth-order valence-electron chi connectivity index (χ4n) is 3.60. The second-order valence-corrected chi connectivity index (χ2v) is 6.98. The van der Waals surface area contributed by atoms with Gasteiger partial charge in [-0.2, -0.15) is 5.10 Å². The van der Waals surface area contributed by atoms with Crippen LogP contribution in [0.25, 0.3) is 5.65 Å². The number of aryl methyl sites for hydroxylation is 2. The quantitative estimate of drug-likeness (QED) is 0.579. The molecular weight excluding hydrogens is 326 g/mol. The van der Waals surface area contributed by atoms with Crippen LogP contribution >= 0.6 is 0 Å². The number of nitrogens with one attached hydrogen (secondary N) is 1. The Labute approximate surface area is 153 Å². The first-order valence-corrected chi connectivity index (χ1v) is 9.01. The summed E-state index contributed by atoms with van der Waals surface area (Å²) in [6.45, 7) is 4.72. The molecule has 136 valence electrons. The van der Waals surface area contributed by atoms with E-state index in [1.165, 1.54) is 11.1 Å². The summed E-state index contributed by atoms with van der Waals surface area (Å²) in [6.07, 6.45) is 9.33. The molecule has 1 aliphatic heterocycles. The minimum atomic E-state index is 0.514. The summed E-state index contributed by atoms with van der Waals surface area (Å²) >= 11 is 0. The third-order valence-corrected chi connectivity index (χ3v) is 4.99. The average molecular weight is 351 g/mol. The summed E-state index contributed by atoms with van der Waals surface area (Å²) in [7, 11) is 3.81. The Morgan fingerprint density at radius 2 is 2.27 bits per heavy atom. The fraction of sp³-hybridized carbons (Fsp3) is 0.421. The molecule has 4 heterocycles. The number of aromatic nitrogens is 4. The first-order valence-electron chi connectivity index (χ1n) is 9.01. The number of nitrogens with zero attached hydrogens (tertiary/aromatic N) is 6. The maximum absolute atomic E-state index is 4.69. The lowest BCUT2D eigenvalue weighted by molar-refractivity contribution is 0.485. The Bertz CT molecular complexity index is 936. The van der Waals surface area contributed by atoms with E-state index in [0.717, 1.165) is 36.8 Å². The van der Waals surface area contributed by atoms with Gasteiger partial charge in [-0.3, -0.25) is 9.67 Å². The molecular formula is C19H25N7. The van der Waals surface area contributed by atoms with Crippen molar-refractivity contribution in [2.75, 3.05) is 20.1 Å². The lowest BCUT2D eigenvalue weighted by atomic mass is 10.0. The number of rotatable bonds is 3. The maximum atomic E-state index is 4.69. The van der Waals surface area contributed by atoms with Crippen LogP contribution in [0.15, 0.2) is 41.9 Å². The van der Waals surface area contributed by atoms with E-state index in [9.17, 15) is 0 Å². The van der Waals surface area contributed by atoms with Gasteiger partial charge in [0.15, 0.2) is 5.96 Å². The van der Waals surface area contributed by atoms with Crippen LogP contribution < -0.4 is 5.32 Å². The van der Waals surface area contributed by atoms with Crippen molar-refractivity contribution < 1.29 is 0 Å². The molecule has 0 bridgehead atoms. The molecule has 0 amide bonds. The average Bonchev–Trinajstić information content (AvgIpc) is 3.34. The Hall–Kier alpha value is -2.83. The highest BCUT2D eigenvalue weighted by Crippen LogP contribution is 2.26. The molecule has 7 nitrogen and oxygen atoms in total. The lowest BCUT2D eigenvalue weighted by Crippen LogP contribution is -2.39. The molecule has 0 aromatic carbocycles. The minimum Gasteiger partial charge on any atom is -0.351 e. The van der Waals surface area contributed by atoms with Crippen LogP contribution in [0.5, 0.6) is 0 Å². The number of hydrogen-bond donors (Lipinski definition) is 1. The van der Waals surface area contributed by atoms with E-state index < -0.39 is 0 Å². The van der Waals surface area contributed by atoms with Gasteiger partial charge < -0.3 is 14.6 Å². The number of guanidine groups is 1. The lowest BCUT2D eigenvalue weighted by Gasteiger charge is -2.21. The smallest absolute Gasteiger partial charge is 0.193 e. The van der Waals surface area contributed by atoms with Crippen LogP contribution in [0.4, 0.5) is 0 Å². The molecule has 26 heavy (non-hydrogen) atoms. The highest BCUT2D eigenvalue weighted by atomic mass is 15.3. The molecule has 1 N–H and O–H groups in total. The minimum absolute atomic E-state index is 0.514. The molecule has 0 radical (unpaired) electrons. The fourth-order valence-corrected chi connectivity index (χ4v) is 3.60. The van der Waals surface area contributed by atoms with Crippen molar-refractivity contribution in [3.63, 3.8) is 0 Å². The number of hydrogen-bond acceptors (Lipinski definition) is 3. The van der Waals surface area contributed by atoms with E-state index in [4.69, 9.17) is 0 Å². The van der Waals surface area contributed by atoms with Crippen LogP contribution in [-0.2, 0) is 13.6 Å². The summed E-state index contributed by atoms with van der Waals surface area (Å²) < 4.78 is 3.93. The zero-order chi connectivity index (χ0) is 18.1. The molecule has 0 spiro atoms. The molecule has 7 heteroatoms. The van der Waals surface area contributed by atoms with Gasteiger partial charge >= 0.3 is 0 Å². The van der Waals surface area contributed by atoms with Crippen LogP contribution in [-0.4, -0.2) is 50.2 Å². The number of aliphatic imine (C=N–C) groups is 1. The van der Waals surface area contributed by atoms with Crippen molar-refractivity contribution in [2.45, 2.75) is 25.8 Å². The number of imidazole rings is 1. The molecule has 0 saturated carbocycles. The highest BCUT2D eigenvalue weighted by Gasteiger charge is 2.26. The number of pyridine rings is 1. The monoisotopic (exact) mass is 351 g/mol. The predicted molar refractivity (Wildman–Crippen MR) is 102 cm³/mol. The molecule has 4 rings (SSSR count). The van der Waals surface area contributed by atoms with Gasteiger partial charge in [0.25, 0.3) is 0 Å². The van der Waals surface area contributed by atoms with E-state index in [2.05, 4.69) is 67.3 Å². The Balaban J connectivity index is 1.40. The molecule has 1 saturated heterocycles. The molecule has 1 unspecified atom stereocenters. The molecule has 1 atom stereocenters. The summed E-state index contributed by atoms with van der Waals surface area (Å²) in [6, 6.07) is 4.19. The van der Waals surface area contributed by atoms with Gasteiger partial charge in [0, 0.05) is 51.7 Å². The normalized spacial score (nSPS) is 18.0. The van der Waals surface area contributed by atoms with Gasteiger partial charge in [-0.25, -0.2) is 4.98 Å². The van der Waals surface area contributed by atoms with Crippen LogP contribution in [0.3, 0.4) is 0 Å². The van der Waals surface area contributed by atoms with Gasteiger partial charge in [0.1, 0.15) is 5.65 Å². The Kier molecular flexibility index (Phi) is 4.36. The van der Waals surface area contributed by atoms with Crippen molar-refractivity contribution in [2.24, 2.45) is 12.0 Å². The van der Waals surface area contributed by atoms with Crippen LogP contribution in [0, 0.1) is 6.92 Å². The third kappa shape index (κ3) is 3.29. The summed E-state index contributed by atoms with van der Waals surface area (Å²) in [5, 5.41) is 7.76. The van der Waals surface area contributed by atoms with Crippen molar-refractivity contribution in [3.8, 4) is 0 Å².